The summed E-state index contributed by atoms with van der Waals surface area (Å²) < 4.78 is 1.15. The second-order valence-electron chi connectivity index (χ2n) is 5.53. The van der Waals surface area contributed by atoms with Crippen LogP contribution in [0.3, 0.4) is 0 Å². The van der Waals surface area contributed by atoms with Gasteiger partial charge in [0.15, 0.2) is 0 Å². The van der Waals surface area contributed by atoms with E-state index in [0.717, 1.165) is 17.6 Å². The summed E-state index contributed by atoms with van der Waals surface area (Å²) in [5, 5.41) is 3.55. The van der Waals surface area contributed by atoms with Crippen LogP contribution in [-0.4, -0.2) is 19.3 Å². The molecule has 0 bridgehead atoms. The van der Waals surface area contributed by atoms with Gasteiger partial charge >= 0.3 is 0 Å². The zero-order valence-corrected chi connectivity index (χ0v) is 14.6. The number of halogens is 1. The van der Waals surface area contributed by atoms with Gasteiger partial charge in [0, 0.05) is 21.8 Å². The number of nitrogens with one attached hydrogen (secondary N) is 1. The first-order chi connectivity index (χ1) is 10.3. The van der Waals surface area contributed by atoms with E-state index in [1.807, 2.05) is 0 Å². The predicted octanol–water partition coefficient (Wildman–Crippen LogP) is 5.03. The first kappa shape index (κ1) is 15.1. The Bertz CT molecular complexity index is 579. The summed E-state index contributed by atoms with van der Waals surface area (Å²) in [4.78, 5) is 1.34. The van der Waals surface area contributed by atoms with Crippen LogP contribution in [0.2, 0.25) is 0 Å². The fourth-order valence-electron chi connectivity index (χ4n) is 3.17. The fraction of sp³-hybridized carbons (Fsp3) is 0.333. The van der Waals surface area contributed by atoms with E-state index in [0.29, 0.717) is 11.8 Å². The molecule has 1 aliphatic rings. The standard InChI is InChI=1S/C18H20BrNS/c1-21-16-8-4-13(5-9-16)17-10-11-20-12-18(17)14-2-6-15(19)7-3-14/h2-9,17-18,20H,10-12H2,1H3. The second kappa shape index (κ2) is 6.99. The monoisotopic (exact) mass is 361 g/mol. The Balaban J connectivity index is 1.88. The van der Waals surface area contributed by atoms with Gasteiger partial charge in [0.25, 0.3) is 0 Å². The van der Waals surface area contributed by atoms with Gasteiger partial charge in [-0.2, -0.15) is 0 Å². The molecule has 1 nitrogen and oxygen atoms in total. The maximum Gasteiger partial charge on any atom is 0.0175 e. The van der Waals surface area contributed by atoms with Gasteiger partial charge in [-0.3, -0.25) is 0 Å². The SMILES string of the molecule is CSc1ccc(C2CCNCC2c2ccc(Br)cc2)cc1. The van der Waals surface area contributed by atoms with E-state index in [1.165, 1.54) is 22.4 Å². The third-order valence-electron chi connectivity index (χ3n) is 4.32. The van der Waals surface area contributed by atoms with Crippen molar-refractivity contribution in [2.45, 2.75) is 23.2 Å². The molecule has 2 aromatic rings. The Morgan fingerprint density at radius 1 is 0.952 bits per heavy atom. The van der Waals surface area contributed by atoms with Gasteiger partial charge in [-0.15, -0.1) is 11.8 Å². The normalized spacial score (nSPS) is 22.2. The lowest BCUT2D eigenvalue weighted by molar-refractivity contribution is 0.404. The Hall–Kier alpha value is -0.770. The molecule has 0 aliphatic carbocycles. The minimum Gasteiger partial charge on any atom is -0.316 e. The lowest BCUT2D eigenvalue weighted by Crippen LogP contribution is -2.34. The van der Waals surface area contributed by atoms with Crippen LogP contribution in [0.15, 0.2) is 57.9 Å². The van der Waals surface area contributed by atoms with E-state index >= 15 is 0 Å². The van der Waals surface area contributed by atoms with Crippen molar-refractivity contribution in [2.75, 3.05) is 19.3 Å². The molecule has 110 valence electrons. The Kier molecular flexibility index (Phi) is 5.04. The molecule has 2 unspecified atom stereocenters. The van der Waals surface area contributed by atoms with Crippen LogP contribution in [0.25, 0.3) is 0 Å². The quantitative estimate of drug-likeness (QED) is 0.769. The first-order valence-electron chi connectivity index (χ1n) is 7.38. The van der Waals surface area contributed by atoms with Crippen molar-refractivity contribution in [3.05, 3.63) is 64.1 Å². The average molecular weight is 362 g/mol. The maximum absolute atomic E-state index is 3.55. The molecule has 1 N–H and O–H groups in total. The van der Waals surface area contributed by atoms with Crippen LogP contribution in [0.1, 0.15) is 29.4 Å². The minimum atomic E-state index is 0.562. The lowest BCUT2D eigenvalue weighted by Gasteiger charge is -2.33. The number of hydrogen-bond acceptors (Lipinski definition) is 2. The van der Waals surface area contributed by atoms with Gasteiger partial charge in [-0.05, 0) is 60.5 Å². The highest BCUT2D eigenvalue weighted by Crippen LogP contribution is 2.38. The molecule has 3 heteroatoms. The Labute approximate surface area is 139 Å². The Morgan fingerprint density at radius 3 is 2.24 bits per heavy atom. The zero-order chi connectivity index (χ0) is 14.7. The molecule has 2 atom stereocenters. The fourth-order valence-corrected chi connectivity index (χ4v) is 3.84. The number of rotatable bonds is 3. The zero-order valence-electron chi connectivity index (χ0n) is 12.2. The molecule has 1 saturated heterocycles. The highest BCUT2D eigenvalue weighted by Gasteiger charge is 2.27. The van der Waals surface area contributed by atoms with Crippen LogP contribution in [0.5, 0.6) is 0 Å². The van der Waals surface area contributed by atoms with Crippen molar-refractivity contribution in [3.8, 4) is 0 Å². The second-order valence-corrected chi connectivity index (χ2v) is 7.33. The topological polar surface area (TPSA) is 12.0 Å². The third kappa shape index (κ3) is 3.53. The molecular weight excluding hydrogens is 342 g/mol. The molecule has 0 spiro atoms. The molecule has 1 fully saturated rings. The summed E-state index contributed by atoms with van der Waals surface area (Å²) >= 11 is 5.33. The summed E-state index contributed by atoms with van der Waals surface area (Å²) in [6.07, 6.45) is 3.34. The van der Waals surface area contributed by atoms with Crippen molar-refractivity contribution in [3.63, 3.8) is 0 Å². The van der Waals surface area contributed by atoms with Crippen LogP contribution in [0, 0.1) is 0 Å². The molecule has 1 aliphatic heterocycles. The van der Waals surface area contributed by atoms with Crippen LogP contribution in [0.4, 0.5) is 0 Å². The van der Waals surface area contributed by atoms with E-state index in [-0.39, 0.29) is 0 Å². The van der Waals surface area contributed by atoms with Crippen molar-refractivity contribution in [1.82, 2.24) is 5.32 Å². The van der Waals surface area contributed by atoms with Crippen molar-refractivity contribution < 1.29 is 0 Å². The van der Waals surface area contributed by atoms with Gasteiger partial charge in [0.2, 0.25) is 0 Å². The summed E-state index contributed by atoms with van der Waals surface area (Å²) in [5.74, 6) is 1.18. The van der Waals surface area contributed by atoms with Gasteiger partial charge in [0.05, 0.1) is 0 Å². The highest BCUT2D eigenvalue weighted by molar-refractivity contribution is 9.10. The lowest BCUT2D eigenvalue weighted by atomic mass is 9.77. The molecule has 0 radical (unpaired) electrons. The maximum atomic E-state index is 3.55. The summed E-state index contributed by atoms with van der Waals surface area (Å²) in [6, 6.07) is 17.9. The van der Waals surface area contributed by atoms with E-state index in [4.69, 9.17) is 0 Å². The largest absolute Gasteiger partial charge is 0.316 e. The molecule has 0 aromatic heterocycles. The van der Waals surface area contributed by atoms with Gasteiger partial charge < -0.3 is 5.32 Å². The average Bonchev–Trinajstić information content (AvgIpc) is 2.56. The molecule has 2 aromatic carbocycles. The number of hydrogen-bond donors (Lipinski definition) is 1. The summed E-state index contributed by atoms with van der Waals surface area (Å²) in [5.41, 5.74) is 2.91. The molecule has 21 heavy (non-hydrogen) atoms. The van der Waals surface area contributed by atoms with Crippen LogP contribution in [-0.2, 0) is 0 Å². The minimum absolute atomic E-state index is 0.562. The first-order valence-corrected chi connectivity index (χ1v) is 9.40. The summed E-state index contributed by atoms with van der Waals surface area (Å²) in [6.45, 7) is 2.18. The number of piperidine rings is 1. The van der Waals surface area contributed by atoms with Crippen molar-refractivity contribution in [2.24, 2.45) is 0 Å². The Morgan fingerprint density at radius 2 is 1.57 bits per heavy atom. The predicted molar refractivity (Wildman–Crippen MR) is 95.3 cm³/mol. The molecule has 0 saturated carbocycles. The van der Waals surface area contributed by atoms with Gasteiger partial charge in [0.1, 0.15) is 0 Å². The van der Waals surface area contributed by atoms with E-state index < -0.39 is 0 Å². The van der Waals surface area contributed by atoms with Crippen molar-refractivity contribution in [1.29, 1.82) is 0 Å². The highest BCUT2D eigenvalue weighted by atomic mass is 79.9. The number of thioether (sulfide) groups is 1. The number of benzene rings is 2. The van der Waals surface area contributed by atoms with Crippen LogP contribution < -0.4 is 5.32 Å². The van der Waals surface area contributed by atoms with Gasteiger partial charge in [-0.25, -0.2) is 0 Å². The smallest absolute Gasteiger partial charge is 0.0175 e. The third-order valence-corrected chi connectivity index (χ3v) is 5.60. The summed E-state index contributed by atoms with van der Waals surface area (Å²) in [7, 11) is 0. The van der Waals surface area contributed by atoms with E-state index in [1.54, 1.807) is 11.8 Å². The molecule has 1 heterocycles. The van der Waals surface area contributed by atoms with Gasteiger partial charge in [-0.1, -0.05) is 40.2 Å². The van der Waals surface area contributed by atoms with E-state index in [2.05, 4.69) is 76.0 Å². The molecule has 0 amide bonds. The molecule has 3 rings (SSSR count). The van der Waals surface area contributed by atoms with Crippen LogP contribution >= 0.6 is 27.7 Å². The van der Waals surface area contributed by atoms with E-state index in [9.17, 15) is 0 Å². The van der Waals surface area contributed by atoms with Crippen molar-refractivity contribution >= 4 is 27.7 Å². The molecular formula is C18H20BrNS.